The largest absolute Gasteiger partial charge is 2.00 e. The van der Waals surface area contributed by atoms with Crippen molar-refractivity contribution in [2.45, 2.75) is 81.7 Å². The third-order valence-electron chi connectivity index (χ3n) is 10.5. The number of aliphatic hydroxyl groups is 1. The van der Waals surface area contributed by atoms with Crippen LogP contribution in [0.15, 0.2) is 37.5 Å². The van der Waals surface area contributed by atoms with Gasteiger partial charge in [-0.3, -0.25) is 27.8 Å². The second-order valence-electron chi connectivity index (χ2n) is 14.5. The van der Waals surface area contributed by atoms with Crippen molar-refractivity contribution in [3.63, 3.8) is 0 Å². The number of anilines is 2. The molecule has 2 fully saturated rings. The molecule has 0 bridgehead atoms. The van der Waals surface area contributed by atoms with E-state index in [9.17, 15) is 28.9 Å². The van der Waals surface area contributed by atoms with Crippen LogP contribution < -0.4 is 16.8 Å². The fraction of sp³-hybridized carbons (Fsp3) is 0.556. The number of carbonyl (C=O) groups excluding carboxylic acids is 3. The van der Waals surface area contributed by atoms with Gasteiger partial charge in [-0.15, -0.1) is 12.8 Å². The van der Waals surface area contributed by atoms with Crippen LogP contribution in [0.1, 0.15) is 45.1 Å². The Labute approximate surface area is 383 Å². The summed E-state index contributed by atoms with van der Waals surface area (Å²) in [4.78, 5) is 69.7. The molecule has 7 N–H and O–H groups in total. The Hall–Kier alpha value is -4.32. The van der Waals surface area contributed by atoms with Gasteiger partial charge in [0.05, 0.1) is 33.0 Å². The number of imidazole rings is 2. The molecule has 0 aromatic carbocycles. The normalized spacial score (nSPS) is 27.8. The molecule has 2 unspecified atom stereocenters. The van der Waals surface area contributed by atoms with Crippen molar-refractivity contribution in [3.05, 3.63) is 43.9 Å². The molecule has 2 saturated heterocycles. The smallest absolute Gasteiger partial charge is 0.646 e. The number of aliphatic hydroxyl groups excluding tert-OH is 1. The van der Waals surface area contributed by atoms with E-state index in [1.54, 1.807) is 0 Å². The summed E-state index contributed by atoms with van der Waals surface area (Å²) in [5.74, 6) is -0.244. The predicted octanol–water partition coefficient (Wildman–Crippen LogP) is 0.219. The quantitative estimate of drug-likeness (QED) is 0.0604. The number of amides is 1. The van der Waals surface area contributed by atoms with Crippen LogP contribution in [0.25, 0.3) is 22.3 Å². The number of allylic oxidation sites excluding steroid dienone is 2. The molecule has 1 amide bonds. The summed E-state index contributed by atoms with van der Waals surface area (Å²) >= 11 is 0. The van der Waals surface area contributed by atoms with Crippen LogP contribution in [0.4, 0.5) is 11.6 Å². The Balaban J connectivity index is 0.000000351. The second kappa shape index (κ2) is 22.0. The van der Waals surface area contributed by atoms with Gasteiger partial charge in [0.15, 0.2) is 35.4 Å². The van der Waals surface area contributed by atoms with E-state index in [-0.39, 0.29) is 73.0 Å². The summed E-state index contributed by atoms with van der Waals surface area (Å²) in [7, 11) is -0.920. The van der Waals surface area contributed by atoms with Crippen LogP contribution in [-0.2, 0) is 56.4 Å². The number of carbonyl (C=O) groups is 2. The molecule has 0 radical (unpaired) electrons. The van der Waals surface area contributed by atoms with Crippen LogP contribution >= 0.6 is 7.82 Å². The summed E-state index contributed by atoms with van der Waals surface area (Å²) in [6.45, 7) is 2.47. The van der Waals surface area contributed by atoms with Gasteiger partial charge in [-0.1, -0.05) is 26.2 Å². The number of aromatic nitrogens is 8. The number of methoxy groups -OCH3 is 3. The standard InChI is InChI=1S/C23H28N10O11P.C13H20NO3.U/c1-38-3-11-15(17(40-9-34)23(43-11)33-8-31-13-19(25)27-6-29-21(13)33)44-45(36,37)41-4-10-14(35)16(39-2)22(42-10)32-7-30-12-18(24)26-5-28-20(12)32;1-13(8-6-4-3-5-7-9-13)12(16)14-10-11(15)17-2;/h5-8,10-11,14-17,22-23,35H,3-4H2,1-2H3,(H,36,37)(H2,24,26,28)(H2,25,27,29);3-5H,6-10H2,1-2H3,(H,14,16);/q2*-1;+2/t10-,11-,14-,15-,16-,17-,22-,23-;;/m1../s1. The number of hydrogen-bond donors (Lipinski definition) is 5. The van der Waals surface area contributed by atoms with Crippen molar-refractivity contribution in [2.75, 3.05) is 52.6 Å². The van der Waals surface area contributed by atoms with E-state index in [1.165, 1.54) is 62.2 Å². The molecule has 0 spiro atoms. The van der Waals surface area contributed by atoms with Crippen molar-refractivity contribution in [1.82, 2.24) is 44.4 Å². The number of nitrogens with zero attached hydrogens (tertiary/aromatic N) is 8. The topological polar surface area (TPSA) is 334 Å². The predicted molar refractivity (Wildman–Crippen MR) is 212 cm³/mol. The van der Waals surface area contributed by atoms with Crippen molar-refractivity contribution in [1.29, 1.82) is 0 Å². The zero-order valence-electron chi connectivity index (χ0n) is 34.6. The molecule has 27 heteroatoms. The minimum atomic E-state index is -4.96. The first-order valence-corrected chi connectivity index (χ1v) is 20.6. The Morgan fingerprint density at radius 3 is 2.16 bits per heavy atom. The zero-order chi connectivity index (χ0) is 44.6. The van der Waals surface area contributed by atoms with Crippen LogP contribution in [0.5, 0.6) is 0 Å². The van der Waals surface area contributed by atoms with Crippen molar-refractivity contribution in [3.8, 4) is 0 Å². The number of rotatable bonds is 15. The first kappa shape index (κ1) is 49.7. The van der Waals surface area contributed by atoms with Crippen molar-refractivity contribution < 1.29 is 97.5 Å². The first-order valence-electron chi connectivity index (χ1n) is 19.1. The van der Waals surface area contributed by atoms with Gasteiger partial charge in [0.2, 0.25) is 5.91 Å². The summed E-state index contributed by atoms with van der Waals surface area (Å²) in [5.41, 5.74) is 12.5. The molecular weight excluding hydrogens is 1080 g/mol. The Morgan fingerprint density at radius 1 is 0.952 bits per heavy atom. The maximum Gasteiger partial charge on any atom is 2.00 e. The monoisotopic (exact) mass is 1130 g/mol. The Morgan fingerprint density at radius 2 is 1.57 bits per heavy atom. The number of phosphoric acid groups is 1. The van der Waals surface area contributed by atoms with Gasteiger partial charge in [-0.2, -0.15) is 0 Å². The molecular formula is C36H48N11O14PU. The van der Waals surface area contributed by atoms with E-state index in [1.807, 2.05) is 13.0 Å². The third-order valence-corrected chi connectivity index (χ3v) is 11.5. The van der Waals surface area contributed by atoms with Gasteiger partial charge in [0, 0.05) is 19.6 Å². The van der Waals surface area contributed by atoms with Crippen LogP contribution in [0, 0.1) is 42.9 Å². The van der Waals surface area contributed by atoms with Crippen molar-refractivity contribution in [2.24, 2.45) is 5.41 Å². The first-order chi connectivity index (χ1) is 29.7. The molecule has 2 aliphatic heterocycles. The van der Waals surface area contributed by atoms with Gasteiger partial charge in [-0.25, -0.2) is 53.0 Å². The van der Waals surface area contributed by atoms with Crippen LogP contribution in [0.2, 0.25) is 0 Å². The Bertz CT molecular complexity index is 2270. The summed E-state index contributed by atoms with van der Waals surface area (Å²) in [6.07, 6.45) is 5.42. The summed E-state index contributed by atoms with van der Waals surface area (Å²) in [5, 5.41) is 13.6. The average Bonchev–Trinajstić information content (AvgIpc) is 4.02. The summed E-state index contributed by atoms with van der Waals surface area (Å²) < 4.78 is 59.1. The van der Waals surface area contributed by atoms with Gasteiger partial charge < -0.3 is 60.0 Å². The molecule has 6 heterocycles. The molecule has 4 aromatic rings. The van der Waals surface area contributed by atoms with Gasteiger partial charge in [0.25, 0.3) is 0 Å². The number of nitrogens with one attached hydrogen (secondary N) is 1. The number of nitrogen functional groups attached to an aromatic ring is 2. The van der Waals surface area contributed by atoms with E-state index >= 15 is 0 Å². The molecule has 0 saturated carbocycles. The number of fused-ring (bicyclic) bond motifs is 2. The third kappa shape index (κ3) is 11.3. The van der Waals surface area contributed by atoms with Gasteiger partial charge in [-0.05, 0) is 0 Å². The molecule has 25 nitrogen and oxygen atoms in total. The maximum absolute atomic E-state index is 13.2. The molecule has 7 rings (SSSR count). The maximum atomic E-state index is 13.2. The fourth-order valence-corrected chi connectivity index (χ4v) is 8.18. The van der Waals surface area contributed by atoms with E-state index in [4.69, 9.17) is 44.2 Å². The fourth-order valence-electron chi connectivity index (χ4n) is 7.22. The second-order valence-corrected chi connectivity index (χ2v) is 15.9. The molecule has 4 aromatic heterocycles. The summed E-state index contributed by atoms with van der Waals surface area (Å²) in [6, 6.07) is 0. The van der Waals surface area contributed by atoms with Gasteiger partial charge >= 0.3 is 44.9 Å². The van der Waals surface area contributed by atoms with E-state index < -0.39 is 74.9 Å². The van der Waals surface area contributed by atoms with E-state index in [2.05, 4.69) is 52.5 Å². The van der Waals surface area contributed by atoms with E-state index in [0.717, 1.165) is 25.7 Å². The minimum Gasteiger partial charge on any atom is -0.646 e. The molecule has 3 aliphatic rings. The SMILES string of the molecule is COC(=O)CNC(=O)C1(C)CCC=C[CH-]CC1.COC[C@H]1O[C@@H](n2cnc3c(N)ncnc32)[C@H](O[C-]=O)[C@@H]1OP(=O)(O)OC[C@H]1O[C@@H](n2cnc3c(N)ncnc32)[C@H](OC)[C@@H]1O.[U+2]. The Kier molecular flexibility index (Phi) is 17.4. The minimum absolute atomic E-state index is 0. The number of hydrogen-bond acceptors (Lipinski definition) is 21. The van der Waals surface area contributed by atoms with Crippen LogP contribution in [-0.4, -0.2) is 145 Å². The molecule has 63 heavy (non-hydrogen) atoms. The average molecular weight is 1130 g/mol. The molecule has 1 aliphatic carbocycles. The molecule has 340 valence electrons. The number of ether oxygens (including phenoxy) is 6. The zero-order valence-corrected chi connectivity index (χ0v) is 39.6. The number of phosphoric ester groups is 1. The number of esters is 1. The molecule has 10 atom stereocenters. The van der Waals surface area contributed by atoms with Crippen LogP contribution in [0.3, 0.4) is 0 Å². The van der Waals surface area contributed by atoms with Crippen molar-refractivity contribution >= 4 is 60.1 Å². The number of nitrogens with two attached hydrogens (primary N) is 2. The van der Waals surface area contributed by atoms with Gasteiger partial charge in [0.1, 0.15) is 66.9 Å². The van der Waals surface area contributed by atoms with E-state index in [0.29, 0.717) is 11.2 Å².